The van der Waals surface area contributed by atoms with Gasteiger partial charge in [-0.15, -0.1) is 0 Å². The number of rotatable bonds is 3. The number of nitrogens with zero attached hydrogens (tertiary/aromatic N) is 1. The maximum atomic E-state index is 11.2. The molecular weight excluding hydrogens is 228 g/mol. The second kappa shape index (κ2) is 5.34. The van der Waals surface area contributed by atoms with E-state index < -0.39 is 10.8 Å². The maximum absolute atomic E-state index is 11.2. The van der Waals surface area contributed by atoms with Crippen molar-refractivity contribution in [2.24, 2.45) is 4.99 Å². The molecule has 0 spiro atoms. The van der Waals surface area contributed by atoms with Crippen molar-refractivity contribution in [1.29, 1.82) is 0 Å². The molecule has 2 unspecified atom stereocenters. The van der Waals surface area contributed by atoms with Crippen LogP contribution in [0.2, 0.25) is 0 Å². The van der Waals surface area contributed by atoms with Gasteiger partial charge in [0.05, 0.1) is 11.8 Å². The molecule has 1 rings (SSSR count). The van der Waals surface area contributed by atoms with Gasteiger partial charge in [0.2, 0.25) is 0 Å². The molecule has 0 aromatic heterocycles. The van der Waals surface area contributed by atoms with Crippen LogP contribution >= 0.6 is 11.8 Å². The van der Waals surface area contributed by atoms with Gasteiger partial charge in [0.15, 0.2) is 5.17 Å². The van der Waals surface area contributed by atoms with E-state index in [1.54, 1.807) is 18.0 Å². The zero-order valence-corrected chi connectivity index (χ0v) is 11.5. The van der Waals surface area contributed by atoms with Gasteiger partial charge in [0.1, 0.15) is 0 Å². The molecule has 1 aliphatic rings. The van der Waals surface area contributed by atoms with Crippen LogP contribution in [-0.4, -0.2) is 38.7 Å². The summed E-state index contributed by atoms with van der Waals surface area (Å²) in [6.07, 6.45) is 2.89. The fourth-order valence-electron chi connectivity index (χ4n) is 1.19. The average molecular weight is 248 g/mol. The van der Waals surface area contributed by atoms with Gasteiger partial charge in [0.25, 0.3) is 0 Å². The second-order valence-corrected chi connectivity index (χ2v) is 7.45. The number of amidine groups is 1. The maximum Gasteiger partial charge on any atom is 0.156 e. The number of hydrogen-bond acceptors (Lipinski definition) is 3. The molecule has 5 heteroatoms. The van der Waals surface area contributed by atoms with Crippen molar-refractivity contribution in [2.45, 2.75) is 38.0 Å². The highest BCUT2D eigenvalue weighted by Crippen LogP contribution is 2.21. The highest BCUT2D eigenvalue weighted by atomic mass is 32.2. The van der Waals surface area contributed by atoms with Crippen LogP contribution in [0.5, 0.6) is 0 Å². The molecule has 1 saturated heterocycles. The van der Waals surface area contributed by atoms with Crippen LogP contribution in [0.15, 0.2) is 4.99 Å². The molecule has 1 aliphatic heterocycles. The molecule has 0 aromatic carbocycles. The molecule has 0 aliphatic carbocycles. The monoisotopic (exact) mass is 248 g/mol. The van der Waals surface area contributed by atoms with Gasteiger partial charge < -0.3 is 5.32 Å². The zero-order chi connectivity index (χ0) is 11.5. The fraction of sp³-hybridized carbons (Fsp3) is 0.900. The highest BCUT2D eigenvalue weighted by molar-refractivity contribution is 8.13. The molecule has 0 amide bonds. The third-order valence-electron chi connectivity index (χ3n) is 2.47. The Morgan fingerprint density at radius 2 is 2.33 bits per heavy atom. The van der Waals surface area contributed by atoms with Gasteiger partial charge in [-0.1, -0.05) is 11.8 Å². The summed E-state index contributed by atoms with van der Waals surface area (Å²) >= 11 is 1.76. The Morgan fingerprint density at radius 3 is 2.87 bits per heavy atom. The molecule has 0 bridgehead atoms. The molecule has 3 nitrogen and oxygen atoms in total. The van der Waals surface area contributed by atoms with Crippen LogP contribution < -0.4 is 5.32 Å². The van der Waals surface area contributed by atoms with E-state index in [9.17, 15) is 4.21 Å². The smallest absolute Gasteiger partial charge is 0.156 e. The number of nitrogens with one attached hydrogen (secondary N) is 1. The first-order chi connectivity index (χ1) is 6.91. The first kappa shape index (κ1) is 13.0. The van der Waals surface area contributed by atoms with Crippen molar-refractivity contribution in [3.8, 4) is 0 Å². The summed E-state index contributed by atoms with van der Waals surface area (Å²) in [6.45, 7) is 6.99. The summed E-state index contributed by atoms with van der Waals surface area (Å²) in [5.41, 5.74) is 0.151. The normalized spacial score (nSPS) is 27.1. The lowest BCUT2D eigenvalue weighted by atomic mass is 10.0. The number of thioether (sulfide) groups is 1. The third-order valence-corrected chi connectivity index (χ3v) is 4.66. The van der Waals surface area contributed by atoms with E-state index in [0.29, 0.717) is 6.54 Å². The van der Waals surface area contributed by atoms with Gasteiger partial charge in [-0.25, -0.2) is 0 Å². The molecule has 1 heterocycles. The molecule has 0 saturated carbocycles. The summed E-state index contributed by atoms with van der Waals surface area (Å²) in [7, 11) is -0.778. The number of hydrogen-bond donors (Lipinski definition) is 1. The largest absolute Gasteiger partial charge is 0.360 e. The van der Waals surface area contributed by atoms with E-state index in [-0.39, 0.29) is 10.8 Å². The van der Waals surface area contributed by atoms with E-state index in [4.69, 9.17) is 0 Å². The van der Waals surface area contributed by atoms with Crippen LogP contribution in [0.1, 0.15) is 27.2 Å². The van der Waals surface area contributed by atoms with Crippen molar-refractivity contribution < 1.29 is 4.21 Å². The predicted octanol–water partition coefficient (Wildman–Crippen LogP) is 1.61. The minimum Gasteiger partial charge on any atom is -0.360 e. The molecule has 0 aromatic rings. The van der Waals surface area contributed by atoms with Gasteiger partial charge in [-0.2, -0.15) is 0 Å². The van der Waals surface area contributed by atoms with Crippen LogP contribution in [0.25, 0.3) is 0 Å². The Bertz CT molecular complexity index is 277. The third kappa shape index (κ3) is 4.55. The van der Waals surface area contributed by atoms with Crippen LogP contribution in [-0.2, 0) is 10.8 Å². The van der Waals surface area contributed by atoms with Gasteiger partial charge in [-0.05, 0) is 27.2 Å². The van der Waals surface area contributed by atoms with E-state index in [2.05, 4.69) is 24.2 Å². The minimum absolute atomic E-state index is 0.143. The van der Waals surface area contributed by atoms with Gasteiger partial charge >= 0.3 is 0 Å². The molecule has 88 valence electrons. The Labute approximate surface area is 99.0 Å². The van der Waals surface area contributed by atoms with E-state index >= 15 is 0 Å². The minimum atomic E-state index is -0.778. The Kier molecular flexibility index (Phi) is 4.64. The Balaban J connectivity index is 2.49. The molecule has 0 radical (unpaired) electrons. The highest BCUT2D eigenvalue weighted by Gasteiger charge is 2.24. The fourth-order valence-corrected chi connectivity index (χ4v) is 2.80. The van der Waals surface area contributed by atoms with E-state index in [1.807, 2.05) is 6.92 Å². The first-order valence-corrected chi connectivity index (χ1v) is 7.79. The van der Waals surface area contributed by atoms with Crippen molar-refractivity contribution in [3.05, 3.63) is 0 Å². The van der Waals surface area contributed by atoms with Crippen LogP contribution in [0.4, 0.5) is 0 Å². The lowest BCUT2D eigenvalue weighted by molar-refractivity contribution is 0.446. The molecular formula is C10H20N2OS2. The van der Waals surface area contributed by atoms with E-state index in [1.165, 1.54) is 0 Å². The first-order valence-electron chi connectivity index (χ1n) is 5.18. The average Bonchev–Trinajstić information content (AvgIpc) is 2.12. The van der Waals surface area contributed by atoms with Crippen LogP contribution in [0, 0.1) is 0 Å². The lowest BCUT2D eigenvalue weighted by Crippen LogP contribution is -2.46. The van der Waals surface area contributed by atoms with Crippen molar-refractivity contribution in [2.75, 3.05) is 18.6 Å². The van der Waals surface area contributed by atoms with E-state index in [0.717, 1.165) is 17.3 Å². The quantitative estimate of drug-likeness (QED) is 0.825. The van der Waals surface area contributed by atoms with Gasteiger partial charge in [-0.3, -0.25) is 9.20 Å². The van der Waals surface area contributed by atoms with Gasteiger partial charge in [0, 0.05) is 28.3 Å². The van der Waals surface area contributed by atoms with Crippen molar-refractivity contribution >= 4 is 27.7 Å². The van der Waals surface area contributed by atoms with Crippen molar-refractivity contribution in [3.63, 3.8) is 0 Å². The predicted molar refractivity (Wildman–Crippen MR) is 70.1 cm³/mol. The Hall–Kier alpha value is -0.0300. The zero-order valence-electron chi connectivity index (χ0n) is 9.87. The van der Waals surface area contributed by atoms with Crippen LogP contribution in [0.3, 0.4) is 0 Å². The lowest BCUT2D eigenvalue weighted by Gasteiger charge is -2.32. The summed E-state index contributed by atoms with van der Waals surface area (Å²) in [4.78, 5) is 4.48. The SMILES string of the molecule is CC(CN=C1NC(C)(C)CCS1)S(C)=O. The molecule has 2 atom stereocenters. The van der Waals surface area contributed by atoms with Crippen molar-refractivity contribution in [1.82, 2.24) is 5.32 Å². The molecule has 1 N–H and O–H groups in total. The molecule has 1 fully saturated rings. The Morgan fingerprint density at radius 1 is 1.67 bits per heavy atom. The summed E-state index contributed by atoms with van der Waals surface area (Å²) in [5.74, 6) is 1.11. The molecule has 15 heavy (non-hydrogen) atoms. The standard InChI is InChI=1S/C10H20N2OS2/c1-8(15(4)13)7-11-9-12-10(2,3)5-6-14-9/h8H,5-7H2,1-4H3,(H,11,12). The topological polar surface area (TPSA) is 41.5 Å². The number of aliphatic imine (C=N–C) groups is 1. The second-order valence-electron chi connectivity index (χ2n) is 4.56. The summed E-state index contributed by atoms with van der Waals surface area (Å²) in [5, 5.41) is 4.55. The summed E-state index contributed by atoms with van der Waals surface area (Å²) < 4.78 is 11.2. The summed E-state index contributed by atoms with van der Waals surface area (Å²) in [6, 6.07) is 0.